The average molecular weight is 330 g/mol. The Morgan fingerprint density at radius 2 is 2.35 bits per heavy atom. The van der Waals surface area contributed by atoms with Crippen molar-refractivity contribution in [3.63, 3.8) is 0 Å². The van der Waals surface area contributed by atoms with Crippen molar-refractivity contribution in [2.45, 2.75) is 19.2 Å². The summed E-state index contributed by atoms with van der Waals surface area (Å²) in [7, 11) is 0. The van der Waals surface area contributed by atoms with Crippen LogP contribution < -0.4 is 0 Å². The van der Waals surface area contributed by atoms with E-state index in [-0.39, 0.29) is 6.10 Å². The maximum Gasteiger partial charge on any atom is 0.236 e. The third kappa shape index (κ3) is 3.52. The van der Waals surface area contributed by atoms with Gasteiger partial charge in [0, 0.05) is 32.0 Å². The van der Waals surface area contributed by atoms with Gasteiger partial charge >= 0.3 is 0 Å². The molecule has 0 radical (unpaired) electrons. The maximum absolute atomic E-state index is 5.84. The predicted molar refractivity (Wildman–Crippen MR) is 87.1 cm³/mol. The van der Waals surface area contributed by atoms with Gasteiger partial charge in [-0.1, -0.05) is 6.07 Å². The van der Waals surface area contributed by atoms with Crippen LogP contribution in [0, 0.1) is 0 Å². The Morgan fingerprint density at radius 1 is 1.35 bits per heavy atom. The Kier molecular flexibility index (Phi) is 4.23. The molecular weight excluding hydrogens is 312 g/mol. The van der Waals surface area contributed by atoms with Crippen molar-refractivity contribution in [1.29, 1.82) is 0 Å². The molecule has 7 heteroatoms. The lowest BCUT2D eigenvalue weighted by Crippen LogP contribution is -2.43. The first-order valence-electron chi connectivity index (χ1n) is 7.66. The molecule has 3 aromatic rings. The molecule has 1 atom stereocenters. The number of thiophene rings is 1. The van der Waals surface area contributed by atoms with E-state index in [0.717, 1.165) is 43.4 Å². The summed E-state index contributed by atoms with van der Waals surface area (Å²) in [5.74, 6) is 0.705. The van der Waals surface area contributed by atoms with Crippen molar-refractivity contribution in [2.24, 2.45) is 0 Å². The lowest BCUT2D eigenvalue weighted by atomic mass is 10.2. The van der Waals surface area contributed by atoms with Gasteiger partial charge in [0.1, 0.15) is 6.26 Å². The number of ether oxygens (including phenoxy) is 1. The van der Waals surface area contributed by atoms with Crippen LogP contribution in [-0.2, 0) is 17.8 Å². The summed E-state index contributed by atoms with van der Waals surface area (Å²) in [5.41, 5.74) is 0.966. The van der Waals surface area contributed by atoms with Gasteiger partial charge in [-0.2, -0.15) is 5.10 Å². The van der Waals surface area contributed by atoms with Crippen molar-refractivity contribution in [1.82, 2.24) is 19.7 Å². The van der Waals surface area contributed by atoms with E-state index in [2.05, 4.69) is 15.0 Å². The van der Waals surface area contributed by atoms with Gasteiger partial charge < -0.3 is 9.15 Å². The molecule has 0 N–H and O–H groups in total. The van der Waals surface area contributed by atoms with Crippen molar-refractivity contribution in [3.05, 3.63) is 47.9 Å². The third-order valence-electron chi connectivity index (χ3n) is 3.84. The largest absolute Gasteiger partial charge is 0.444 e. The normalized spacial score (nSPS) is 19.2. The van der Waals surface area contributed by atoms with Crippen LogP contribution in [0.2, 0.25) is 0 Å². The SMILES string of the molecule is c1csc(-c2nc(CN3CCO[C@@H](Cn4cccn4)C3)co2)c1. The van der Waals surface area contributed by atoms with E-state index in [1.54, 1.807) is 23.8 Å². The summed E-state index contributed by atoms with van der Waals surface area (Å²) in [5, 5.41) is 6.27. The zero-order valence-corrected chi connectivity index (χ0v) is 13.5. The number of hydrogen-bond donors (Lipinski definition) is 0. The zero-order valence-electron chi connectivity index (χ0n) is 12.7. The molecular formula is C16H18N4O2S. The van der Waals surface area contributed by atoms with Crippen molar-refractivity contribution >= 4 is 11.3 Å². The molecule has 0 spiro atoms. The zero-order chi connectivity index (χ0) is 15.5. The van der Waals surface area contributed by atoms with Gasteiger partial charge in [0.05, 0.1) is 29.8 Å². The molecule has 1 fully saturated rings. The van der Waals surface area contributed by atoms with Gasteiger partial charge in [0.2, 0.25) is 5.89 Å². The summed E-state index contributed by atoms with van der Waals surface area (Å²) in [6, 6.07) is 5.96. The molecule has 0 unspecified atom stereocenters. The fourth-order valence-electron chi connectivity index (χ4n) is 2.77. The topological polar surface area (TPSA) is 56.3 Å². The van der Waals surface area contributed by atoms with Crippen LogP contribution in [0.4, 0.5) is 0 Å². The van der Waals surface area contributed by atoms with Crippen LogP contribution in [0.5, 0.6) is 0 Å². The third-order valence-corrected chi connectivity index (χ3v) is 4.70. The smallest absolute Gasteiger partial charge is 0.236 e. The molecule has 1 aliphatic heterocycles. The average Bonchev–Trinajstić information content (AvgIpc) is 3.30. The highest BCUT2D eigenvalue weighted by Crippen LogP contribution is 2.24. The van der Waals surface area contributed by atoms with E-state index < -0.39 is 0 Å². The molecule has 1 saturated heterocycles. The number of nitrogens with zero attached hydrogens (tertiary/aromatic N) is 4. The Bertz CT molecular complexity index is 723. The molecule has 0 saturated carbocycles. The van der Waals surface area contributed by atoms with Gasteiger partial charge in [-0.3, -0.25) is 9.58 Å². The minimum Gasteiger partial charge on any atom is -0.444 e. The molecule has 4 heterocycles. The first-order chi connectivity index (χ1) is 11.4. The second-order valence-corrected chi connectivity index (χ2v) is 6.53. The highest BCUT2D eigenvalue weighted by molar-refractivity contribution is 7.13. The molecule has 3 aromatic heterocycles. The van der Waals surface area contributed by atoms with E-state index in [1.165, 1.54) is 0 Å². The predicted octanol–water partition coefficient (Wildman–Crippen LogP) is 2.50. The molecule has 0 bridgehead atoms. The fraction of sp³-hybridized carbons (Fsp3) is 0.375. The molecule has 120 valence electrons. The molecule has 0 aliphatic carbocycles. The summed E-state index contributed by atoms with van der Waals surface area (Å²) in [6.07, 6.45) is 5.68. The van der Waals surface area contributed by atoms with Crippen molar-refractivity contribution < 1.29 is 9.15 Å². The van der Waals surface area contributed by atoms with Gasteiger partial charge in [-0.25, -0.2) is 4.98 Å². The molecule has 23 heavy (non-hydrogen) atoms. The molecule has 0 aromatic carbocycles. The summed E-state index contributed by atoms with van der Waals surface area (Å²) in [4.78, 5) is 8.01. The number of hydrogen-bond acceptors (Lipinski definition) is 6. The summed E-state index contributed by atoms with van der Waals surface area (Å²) in [6.45, 7) is 4.09. The van der Waals surface area contributed by atoms with Crippen molar-refractivity contribution in [2.75, 3.05) is 19.7 Å². The van der Waals surface area contributed by atoms with Crippen LogP contribution in [-0.4, -0.2) is 45.5 Å². The fourth-order valence-corrected chi connectivity index (χ4v) is 3.43. The standard InChI is InChI=1S/C16H18N4O2S/c1-3-15(23-8-1)16-18-13(12-22-16)9-19-6-7-21-14(10-19)11-20-5-2-4-17-20/h1-5,8,12,14H,6-7,9-11H2/t14-/m1/s1. The Hall–Kier alpha value is -1.96. The van der Waals surface area contributed by atoms with Crippen LogP contribution in [0.15, 0.2) is 46.7 Å². The molecule has 6 nitrogen and oxygen atoms in total. The van der Waals surface area contributed by atoms with Crippen LogP contribution in [0.1, 0.15) is 5.69 Å². The summed E-state index contributed by atoms with van der Waals surface area (Å²) < 4.78 is 13.3. The Balaban J connectivity index is 1.37. The van der Waals surface area contributed by atoms with E-state index in [1.807, 2.05) is 34.5 Å². The number of rotatable bonds is 5. The first kappa shape index (κ1) is 14.6. The second kappa shape index (κ2) is 6.66. The van der Waals surface area contributed by atoms with Gasteiger partial charge in [-0.15, -0.1) is 11.3 Å². The van der Waals surface area contributed by atoms with Gasteiger partial charge in [0.25, 0.3) is 0 Å². The van der Waals surface area contributed by atoms with Gasteiger partial charge in [-0.05, 0) is 17.5 Å². The Labute approximate surface area is 138 Å². The van der Waals surface area contributed by atoms with E-state index in [0.29, 0.717) is 5.89 Å². The van der Waals surface area contributed by atoms with Gasteiger partial charge in [0.15, 0.2) is 0 Å². The molecule has 1 aliphatic rings. The van der Waals surface area contributed by atoms with E-state index in [9.17, 15) is 0 Å². The highest BCUT2D eigenvalue weighted by atomic mass is 32.1. The highest BCUT2D eigenvalue weighted by Gasteiger charge is 2.22. The van der Waals surface area contributed by atoms with Crippen molar-refractivity contribution in [3.8, 4) is 10.8 Å². The maximum atomic E-state index is 5.84. The Morgan fingerprint density at radius 3 is 3.17 bits per heavy atom. The van der Waals surface area contributed by atoms with E-state index >= 15 is 0 Å². The van der Waals surface area contributed by atoms with E-state index in [4.69, 9.17) is 9.15 Å². The van der Waals surface area contributed by atoms with Crippen LogP contribution in [0.25, 0.3) is 10.8 Å². The van der Waals surface area contributed by atoms with Crippen LogP contribution in [0.3, 0.4) is 0 Å². The lowest BCUT2D eigenvalue weighted by Gasteiger charge is -2.32. The first-order valence-corrected chi connectivity index (χ1v) is 8.54. The minimum atomic E-state index is 0.160. The minimum absolute atomic E-state index is 0.160. The summed E-state index contributed by atoms with van der Waals surface area (Å²) >= 11 is 1.64. The molecule has 4 rings (SSSR count). The monoisotopic (exact) mass is 330 g/mol. The number of oxazole rings is 1. The molecule has 0 amide bonds. The number of aromatic nitrogens is 3. The van der Waals surface area contributed by atoms with Crippen LogP contribution >= 0.6 is 11.3 Å². The second-order valence-electron chi connectivity index (χ2n) is 5.58. The number of morpholine rings is 1. The quantitative estimate of drug-likeness (QED) is 0.719. The lowest BCUT2D eigenvalue weighted by molar-refractivity contribution is -0.0405.